The van der Waals surface area contributed by atoms with Crippen LogP contribution in [0, 0.1) is 0 Å². The lowest BCUT2D eigenvalue weighted by molar-refractivity contribution is -0.138. The van der Waals surface area contributed by atoms with E-state index in [1.54, 1.807) is 11.8 Å². The van der Waals surface area contributed by atoms with Crippen molar-refractivity contribution in [2.75, 3.05) is 12.4 Å². The van der Waals surface area contributed by atoms with E-state index >= 15 is 0 Å². The molecular formula is C12H12O2S. The van der Waals surface area contributed by atoms with Gasteiger partial charge in [0.25, 0.3) is 0 Å². The Morgan fingerprint density at radius 1 is 1.47 bits per heavy atom. The second-order valence-electron chi connectivity index (χ2n) is 3.22. The molecule has 1 aliphatic rings. The predicted octanol–water partition coefficient (Wildman–Crippen LogP) is 2.74. The molecule has 0 bridgehead atoms. The van der Waals surface area contributed by atoms with E-state index in [0.717, 1.165) is 11.1 Å². The van der Waals surface area contributed by atoms with Gasteiger partial charge >= 0.3 is 5.97 Å². The van der Waals surface area contributed by atoms with Crippen LogP contribution < -0.4 is 0 Å². The molecule has 0 aromatic heterocycles. The fraction of sp³-hybridized carbons (Fsp3) is 0.250. The van der Waals surface area contributed by atoms with Gasteiger partial charge in [-0.15, -0.1) is 11.8 Å². The Bertz CT molecular complexity index is 410. The highest BCUT2D eigenvalue weighted by Crippen LogP contribution is 2.31. The summed E-state index contributed by atoms with van der Waals surface area (Å²) in [6, 6.07) is 8.07. The zero-order chi connectivity index (χ0) is 10.7. The van der Waals surface area contributed by atoms with Gasteiger partial charge in [0.1, 0.15) is 0 Å². The Balaban J connectivity index is 2.25. The normalized spacial score (nSPS) is 14.1. The molecule has 0 saturated heterocycles. The molecule has 0 radical (unpaired) electrons. The van der Waals surface area contributed by atoms with Crippen molar-refractivity contribution in [3.8, 4) is 0 Å². The number of hydrogen-bond donors (Lipinski definition) is 0. The van der Waals surface area contributed by atoms with Gasteiger partial charge < -0.3 is 4.74 Å². The Hall–Kier alpha value is -1.22. The van der Waals surface area contributed by atoms with Crippen molar-refractivity contribution in [1.82, 2.24) is 0 Å². The molecule has 2 rings (SSSR count). The summed E-state index contributed by atoms with van der Waals surface area (Å²) in [7, 11) is 0. The summed E-state index contributed by atoms with van der Waals surface area (Å²) < 4.78 is 4.98. The van der Waals surface area contributed by atoms with Gasteiger partial charge in [-0.25, -0.2) is 4.79 Å². The third kappa shape index (κ3) is 2.23. The van der Waals surface area contributed by atoms with E-state index in [-0.39, 0.29) is 5.97 Å². The number of esters is 1. The van der Waals surface area contributed by atoms with E-state index in [1.807, 2.05) is 31.2 Å². The molecule has 2 nitrogen and oxygen atoms in total. The van der Waals surface area contributed by atoms with Crippen molar-refractivity contribution in [3.63, 3.8) is 0 Å². The van der Waals surface area contributed by atoms with Gasteiger partial charge in [-0.1, -0.05) is 18.2 Å². The van der Waals surface area contributed by atoms with E-state index in [2.05, 4.69) is 6.07 Å². The van der Waals surface area contributed by atoms with E-state index in [9.17, 15) is 4.79 Å². The molecule has 3 heteroatoms. The molecule has 1 aromatic rings. The molecule has 0 saturated carbocycles. The van der Waals surface area contributed by atoms with Gasteiger partial charge in [0.05, 0.1) is 6.61 Å². The molecule has 0 unspecified atom stereocenters. The number of ether oxygens (including phenoxy) is 1. The predicted molar refractivity (Wildman–Crippen MR) is 61.8 cm³/mol. The summed E-state index contributed by atoms with van der Waals surface area (Å²) in [5.41, 5.74) is 1.86. The number of rotatable bonds is 2. The molecule has 78 valence electrons. The number of carbonyl (C=O) groups is 1. The largest absolute Gasteiger partial charge is 0.463 e. The lowest BCUT2D eigenvalue weighted by Gasteiger charge is -2.14. The second kappa shape index (κ2) is 4.53. The van der Waals surface area contributed by atoms with Gasteiger partial charge in [0.15, 0.2) is 0 Å². The number of benzene rings is 1. The lowest BCUT2D eigenvalue weighted by Crippen LogP contribution is -2.11. The van der Waals surface area contributed by atoms with Crippen molar-refractivity contribution < 1.29 is 9.53 Å². The Labute approximate surface area is 93.3 Å². The smallest absolute Gasteiger partial charge is 0.334 e. The molecule has 0 atom stereocenters. The number of fused-ring (bicyclic) bond motifs is 1. The fourth-order valence-electron chi connectivity index (χ4n) is 1.46. The SMILES string of the molecule is CCOC(=O)C1=Cc2ccccc2SC1. The first-order valence-corrected chi connectivity index (χ1v) is 5.89. The first kappa shape index (κ1) is 10.3. The molecule has 1 aromatic carbocycles. The molecule has 0 spiro atoms. The van der Waals surface area contributed by atoms with Gasteiger partial charge in [-0.2, -0.15) is 0 Å². The van der Waals surface area contributed by atoms with Crippen molar-refractivity contribution in [1.29, 1.82) is 0 Å². The van der Waals surface area contributed by atoms with Gasteiger partial charge in [-0.3, -0.25) is 0 Å². The highest BCUT2D eigenvalue weighted by atomic mass is 32.2. The van der Waals surface area contributed by atoms with Crippen LogP contribution in [-0.2, 0) is 9.53 Å². The van der Waals surface area contributed by atoms with Crippen LogP contribution in [0.15, 0.2) is 34.7 Å². The van der Waals surface area contributed by atoms with E-state index in [4.69, 9.17) is 4.74 Å². The van der Waals surface area contributed by atoms with Crippen LogP contribution in [0.2, 0.25) is 0 Å². The highest BCUT2D eigenvalue weighted by Gasteiger charge is 2.16. The van der Waals surface area contributed by atoms with Crippen LogP contribution in [0.25, 0.3) is 6.08 Å². The van der Waals surface area contributed by atoms with Crippen molar-refractivity contribution in [3.05, 3.63) is 35.4 Å². The molecule has 0 amide bonds. The van der Waals surface area contributed by atoms with Crippen LogP contribution in [0.5, 0.6) is 0 Å². The van der Waals surface area contributed by atoms with Crippen LogP contribution in [0.4, 0.5) is 0 Å². The third-order valence-electron chi connectivity index (χ3n) is 2.17. The standard InChI is InChI=1S/C12H12O2S/c1-2-14-12(13)10-7-9-5-3-4-6-11(9)15-8-10/h3-7H,2,8H2,1H3. The number of carbonyl (C=O) groups excluding carboxylic acids is 1. The van der Waals surface area contributed by atoms with Crippen molar-refractivity contribution >= 4 is 23.8 Å². The zero-order valence-electron chi connectivity index (χ0n) is 8.53. The van der Waals surface area contributed by atoms with Crippen molar-refractivity contribution in [2.45, 2.75) is 11.8 Å². The van der Waals surface area contributed by atoms with Crippen LogP contribution in [0.3, 0.4) is 0 Å². The third-order valence-corrected chi connectivity index (χ3v) is 3.31. The Morgan fingerprint density at radius 2 is 2.27 bits per heavy atom. The summed E-state index contributed by atoms with van der Waals surface area (Å²) >= 11 is 1.68. The minimum atomic E-state index is -0.195. The monoisotopic (exact) mass is 220 g/mol. The van der Waals surface area contributed by atoms with Gasteiger partial charge in [-0.05, 0) is 24.6 Å². The molecular weight excluding hydrogens is 208 g/mol. The van der Waals surface area contributed by atoms with E-state index in [1.165, 1.54) is 4.90 Å². The summed E-state index contributed by atoms with van der Waals surface area (Å²) in [6.07, 6.45) is 1.92. The topological polar surface area (TPSA) is 26.3 Å². The summed E-state index contributed by atoms with van der Waals surface area (Å²) in [5, 5.41) is 0. The lowest BCUT2D eigenvalue weighted by atomic mass is 10.1. The summed E-state index contributed by atoms with van der Waals surface area (Å²) in [6.45, 7) is 2.25. The van der Waals surface area contributed by atoms with E-state index in [0.29, 0.717) is 12.4 Å². The van der Waals surface area contributed by atoms with Crippen LogP contribution >= 0.6 is 11.8 Å². The Kier molecular flexibility index (Phi) is 3.11. The summed E-state index contributed by atoms with van der Waals surface area (Å²) in [4.78, 5) is 12.7. The maximum Gasteiger partial charge on any atom is 0.334 e. The fourth-order valence-corrected chi connectivity index (χ4v) is 2.44. The first-order valence-electron chi connectivity index (χ1n) is 4.91. The minimum absolute atomic E-state index is 0.195. The van der Waals surface area contributed by atoms with E-state index < -0.39 is 0 Å². The Morgan fingerprint density at radius 3 is 3.07 bits per heavy atom. The average Bonchev–Trinajstić information content (AvgIpc) is 2.29. The molecule has 0 fully saturated rings. The zero-order valence-corrected chi connectivity index (χ0v) is 9.34. The highest BCUT2D eigenvalue weighted by molar-refractivity contribution is 7.99. The molecule has 0 N–H and O–H groups in total. The van der Waals surface area contributed by atoms with Crippen LogP contribution in [0.1, 0.15) is 12.5 Å². The maximum atomic E-state index is 11.5. The van der Waals surface area contributed by atoms with Crippen LogP contribution in [-0.4, -0.2) is 18.3 Å². The molecule has 0 aliphatic carbocycles. The number of hydrogen-bond acceptors (Lipinski definition) is 3. The molecule has 1 aliphatic heterocycles. The number of thioether (sulfide) groups is 1. The van der Waals surface area contributed by atoms with Crippen molar-refractivity contribution in [2.24, 2.45) is 0 Å². The maximum absolute atomic E-state index is 11.5. The molecule has 15 heavy (non-hydrogen) atoms. The molecule has 1 heterocycles. The first-order chi connectivity index (χ1) is 7.31. The van der Waals surface area contributed by atoms with Gasteiger partial charge in [0.2, 0.25) is 0 Å². The minimum Gasteiger partial charge on any atom is -0.463 e. The quantitative estimate of drug-likeness (QED) is 0.717. The van der Waals surface area contributed by atoms with Gasteiger partial charge in [0, 0.05) is 16.2 Å². The summed E-state index contributed by atoms with van der Waals surface area (Å²) in [5.74, 6) is 0.509. The second-order valence-corrected chi connectivity index (χ2v) is 4.23. The average molecular weight is 220 g/mol.